The number of unbranched alkanes of at least 4 members (excludes halogenated alkanes) is 2. The summed E-state index contributed by atoms with van der Waals surface area (Å²) in [6.07, 6.45) is 10.7. The fraction of sp³-hybridized carbons (Fsp3) is 0.577. The number of rotatable bonds is 10. The summed E-state index contributed by atoms with van der Waals surface area (Å²) >= 11 is 0. The van der Waals surface area contributed by atoms with E-state index in [1.807, 2.05) is 40.7 Å². The van der Waals surface area contributed by atoms with Gasteiger partial charge in [-0.2, -0.15) is 5.26 Å². The van der Waals surface area contributed by atoms with E-state index in [0.29, 0.717) is 23.2 Å². The Balaban J connectivity index is -0.000000663. The molecular weight excluding hydrogens is 712 g/mol. The van der Waals surface area contributed by atoms with Crippen molar-refractivity contribution in [3.63, 3.8) is 0 Å². The normalized spacial score (nSPS) is 16.2. The Kier molecular flexibility index (Phi) is 32.7. The van der Waals surface area contributed by atoms with Crippen molar-refractivity contribution >= 4 is 5.78 Å². The Morgan fingerprint density at radius 1 is 0.789 bits per heavy atom. The van der Waals surface area contributed by atoms with Crippen LogP contribution in [0.2, 0.25) is 0 Å². The molecule has 3 aromatic carbocycles. The second-order valence-corrected chi connectivity index (χ2v) is 15.5. The molecule has 57 heavy (non-hydrogen) atoms. The van der Waals surface area contributed by atoms with Crippen LogP contribution in [0, 0.1) is 42.9 Å². The van der Waals surface area contributed by atoms with Gasteiger partial charge in [-0.3, -0.25) is 4.79 Å². The second-order valence-electron chi connectivity index (χ2n) is 15.5. The van der Waals surface area contributed by atoms with E-state index < -0.39 is 11.6 Å². The molecule has 1 saturated carbocycles. The Labute approximate surface area is 349 Å². The first-order chi connectivity index (χ1) is 26.7. The van der Waals surface area contributed by atoms with Gasteiger partial charge in [-0.05, 0) is 118 Å². The molecule has 3 aromatic rings. The van der Waals surface area contributed by atoms with Crippen molar-refractivity contribution in [1.82, 2.24) is 0 Å². The van der Waals surface area contributed by atoms with Gasteiger partial charge >= 0.3 is 0 Å². The molecule has 4 unspecified atom stereocenters. The predicted molar refractivity (Wildman–Crippen MR) is 244 cm³/mol. The van der Waals surface area contributed by atoms with E-state index in [1.54, 1.807) is 25.1 Å². The number of alkyl halides is 3. The molecule has 1 aliphatic carbocycles. The third-order valence-electron chi connectivity index (χ3n) is 10.2. The smallest absolute Gasteiger partial charge is 0.270 e. The third kappa shape index (κ3) is 26.8. The zero-order chi connectivity index (χ0) is 44.8. The van der Waals surface area contributed by atoms with Crippen LogP contribution < -0.4 is 0 Å². The van der Waals surface area contributed by atoms with Crippen molar-refractivity contribution in [3.8, 4) is 6.07 Å². The molecule has 1 aliphatic rings. The Hall–Kier alpha value is -3.65. The van der Waals surface area contributed by atoms with Crippen LogP contribution in [0.25, 0.3) is 0 Å². The number of carbonyl (C=O) groups is 1. The minimum Gasteiger partial charge on any atom is -0.300 e. The van der Waals surface area contributed by atoms with Gasteiger partial charge in [0.05, 0.1) is 6.07 Å². The largest absolute Gasteiger partial charge is 0.300 e. The monoisotopic (exact) mass is 794 g/mol. The van der Waals surface area contributed by atoms with Crippen molar-refractivity contribution in [1.29, 1.82) is 5.26 Å². The zero-order valence-corrected chi connectivity index (χ0v) is 39.2. The van der Waals surface area contributed by atoms with Crippen molar-refractivity contribution in [2.75, 3.05) is 0 Å². The van der Waals surface area contributed by atoms with Gasteiger partial charge < -0.3 is 0 Å². The summed E-state index contributed by atoms with van der Waals surface area (Å²) in [5, 5.41) is 7.73. The van der Waals surface area contributed by atoms with E-state index in [4.69, 9.17) is 5.26 Å². The molecule has 1 fully saturated rings. The Morgan fingerprint density at radius 3 is 1.53 bits per heavy atom. The minimum atomic E-state index is -2.93. The third-order valence-corrected chi connectivity index (χ3v) is 10.2. The SMILES string of the molecule is C/C=C\C#N.CC.CC1C(C)C1c1cc(C(C)(C)F)cc(C(C)(F)F)c1.CCC(C)C(C)=O.CCCC.CCCCC(C)c1ccccc1.Cc1ccccc1C. The number of carbonyl (C=O) groups excluding carboxylic acids is 1. The summed E-state index contributed by atoms with van der Waals surface area (Å²) in [4.78, 5) is 10.4. The number of ketones is 1. The molecule has 4 atom stereocenters. The highest BCUT2D eigenvalue weighted by Gasteiger charge is 2.44. The van der Waals surface area contributed by atoms with Crippen LogP contribution in [0.1, 0.15) is 188 Å². The first kappa shape index (κ1) is 57.7. The maximum atomic E-state index is 14.1. The van der Waals surface area contributed by atoms with Gasteiger partial charge in [-0.15, -0.1) is 0 Å². The van der Waals surface area contributed by atoms with Crippen molar-refractivity contribution < 1.29 is 18.0 Å². The lowest BCUT2D eigenvalue weighted by Gasteiger charge is -2.20. The van der Waals surface area contributed by atoms with E-state index in [2.05, 4.69) is 110 Å². The highest BCUT2D eigenvalue weighted by atomic mass is 19.3. The number of halogens is 3. The fourth-order valence-electron chi connectivity index (χ4n) is 5.19. The maximum absolute atomic E-state index is 14.1. The number of aryl methyl sites for hydroxylation is 2. The van der Waals surface area contributed by atoms with Gasteiger partial charge in [0.15, 0.2) is 0 Å². The summed E-state index contributed by atoms with van der Waals surface area (Å²) in [6.45, 7) is 32.5. The molecule has 2 nitrogen and oxygen atoms in total. The van der Waals surface area contributed by atoms with Crippen LogP contribution >= 0.6 is 0 Å². The summed E-state index contributed by atoms with van der Waals surface area (Å²) in [6, 6.07) is 25.5. The summed E-state index contributed by atoms with van der Waals surface area (Å²) < 4.78 is 41.2. The molecule has 322 valence electrons. The second kappa shape index (κ2) is 32.3. The molecule has 0 spiro atoms. The maximum Gasteiger partial charge on any atom is 0.270 e. The van der Waals surface area contributed by atoms with Crippen molar-refractivity contribution in [2.24, 2.45) is 17.8 Å². The molecule has 0 N–H and O–H groups in total. The summed E-state index contributed by atoms with van der Waals surface area (Å²) in [5.74, 6) is -0.401. The van der Waals surface area contributed by atoms with Crippen molar-refractivity contribution in [2.45, 2.75) is 180 Å². The average molecular weight is 794 g/mol. The number of nitriles is 1. The summed E-state index contributed by atoms with van der Waals surface area (Å²) in [5.41, 5.74) is 3.72. The Bertz CT molecular complexity index is 1450. The minimum absolute atomic E-state index is 0.0861. The molecule has 4 rings (SSSR count). The number of allylic oxidation sites excluding steroid dienone is 2. The molecule has 0 bridgehead atoms. The number of hydrogen-bond donors (Lipinski definition) is 0. The van der Waals surface area contributed by atoms with Gasteiger partial charge in [0.25, 0.3) is 5.92 Å². The average Bonchev–Trinajstić information content (AvgIpc) is 3.80. The highest BCUT2D eigenvalue weighted by Crippen LogP contribution is 2.54. The number of Topliss-reactive ketones (excluding diaryl/α,β-unsaturated/α-hetero) is 1. The van der Waals surface area contributed by atoms with E-state index in [-0.39, 0.29) is 17.4 Å². The lowest BCUT2D eigenvalue weighted by Crippen LogP contribution is -2.14. The topological polar surface area (TPSA) is 40.9 Å². The molecule has 5 heteroatoms. The highest BCUT2D eigenvalue weighted by molar-refractivity contribution is 5.77. The quantitative estimate of drug-likeness (QED) is 0.192. The molecule has 0 aromatic heterocycles. The lowest BCUT2D eigenvalue weighted by molar-refractivity contribution is -0.120. The molecule has 0 aliphatic heterocycles. The standard InChI is InChI=1S/C16H21F3.C12H18.C8H10.C6H12O.C4H5N.C4H10.C2H6/c1-9-10(2)14(9)11-6-12(15(3,4)17)8-13(7-11)16(5,18)19;1-3-4-8-11(2)12-9-6-5-7-10-12;1-7-5-3-4-6-8(7)2;1-4-5(2)6(3)7;1-2-3-4-5;1-3-4-2;1-2/h6-10,14H,1-5H3;5-7,9-11H,3-4,8H2,1-2H3;3-6H,1-2H3;5H,4H2,1-3H3;2-3H,1H3;3-4H2,1-2H3;1-2H3/b;;;;3-2-;;. The van der Waals surface area contributed by atoms with Crippen LogP contribution in [0.3, 0.4) is 0 Å². The van der Waals surface area contributed by atoms with Crippen LogP contribution in [-0.4, -0.2) is 5.78 Å². The van der Waals surface area contributed by atoms with Gasteiger partial charge in [0.1, 0.15) is 11.5 Å². The van der Waals surface area contributed by atoms with E-state index in [9.17, 15) is 18.0 Å². The number of hydrogen-bond acceptors (Lipinski definition) is 2. The van der Waals surface area contributed by atoms with Crippen LogP contribution in [0.5, 0.6) is 0 Å². The molecule has 0 radical (unpaired) electrons. The van der Waals surface area contributed by atoms with Crippen LogP contribution in [0.15, 0.2) is 84.9 Å². The van der Waals surface area contributed by atoms with Crippen molar-refractivity contribution in [3.05, 3.63) is 118 Å². The van der Waals surface area contributed by atoms with E-state index in [0.717, 1.165) is 24.8 Å². The van der Waals surface area contributed by atoms with Gasteiger partial charge in [-0.25, -0.2) is 13.2 Å². The van der Waals surface area contributed by atoms with Gasteiger partial charge in [0, 0.05) is 24.5 Å². The van der Waals surface area contributed by atoms with Gasteiger partial charge in [0.2, 0.25) is 0 Å². The first-order valence-electron chi connectivity index (χ1n) is 21.5. The molecule has 0 heterocycles. The predicted octanol–water partition coefficient (Wildman–Crippen LogP) is 17.2. The fourth-order valence-corrected chi connectivity index (χ4v) is 5.19. The molecule has 0 saturated heterocycles. The Morgan fingerprint density at radius 2 is 1.25 bits per heavy atom. The summed E-state index contributed by atoms with van der Waals surface area (Å²) in [7, 11) is 0. The lowest BCUT2D eigenvalue weighted by atomic mass is 9.92. The van der Waals surface area contributed by atoms with E-state index >= 15 is 0 Å². The van der Waals surface area contributed by atoms with Crippen LogP contribution in [-0.2, 0) is 16.4 Å². The first-order valence-corrected chi connectivity index (χ1v) is 21.5. The van der Waals surface area contributed by atoms with Gasteiger partial charge in [-0.1, -0.05) is 162 Å². The zero-order valence-electron chi connectivity index (χ0n) is 39.2. The number of nitrogens with zero attached hydrogens (tertiary/aromatic N) is 1. The molecular formula is C52H82F3NO. The molecule has 0 amide bonds. The number of benzene rings is 3. The van der Waals surface area contributed by atoms with Crippen LogP contribution in [0.4, 0.5) is 13.2 Å². The van der Waals surface area contributed by atoms with E-state index in [1.165, 1.54) is 74.8 Å².